The second-order valence-corrected chi connectivity index (χ2v) is 9.33. The minimum atomic E-state index is -0.705. The molecular weight excluding hydrogens is 432 g/mol. The molecular formula is C27H26N2O5. The first-order valence-corrected chi connectivity index (χ1v) is 11.8. The van der Waals surface area contributed by atoms with Crippen LogP contribution in [0.1, 0.15) is 42.5 Å². The van der Waals surface area contributed by atoms with Gasteiger partial charge >= 0.3 is 0 Å². The molecule has 3 aromatic rings. The van der Waals surface area contributed by atoms with Gasteiger partial charge in [-0.05, 0) is 49.6 Å². The molecule has 1 amide bonds. The molecule has 1 aromatic heterocycles. The minimum Gasteiger partial charge on any atom is -0.507 e. The number of nitrogens with zero attached hydrogens (tertiary/aromatic N) is 1. The van der Waals surface area contributed by atoms with E-state index in [4.69, 9.17) is 9.47 Å². The van der Waals surface area contributed by atoms with Crippen LogP contribution in [0.15, 0.2) is 54.2 Å². The number of likely N-dealkylation sites (tertiary alicyclic amines) is 1. The Bertz CT molecular complexity index is 1330. The van der Waals surface area contributed by atoms with Crippen molar-refractivity contribution in [1.29, 1.82) is 0 Å². The Morgan fingerprint density at radius 3 is 2.88 bits per heavy atom. The number of carbonyl (C=O) groups is 2. The van der Waals surface area contributed by atoms with Crippen LogP contribution in [-0.2, 0) is 20.7 Å². The fourth-order valence-corrected chi connectivity index (χ4v) is 5.44. The van der Waals surface area contributed by atoms with Crippen LogP contribution in [0.3, 0.4) is 0 Å². The van der Waals surface area contributed by atoms with Crippen molar-refractivity contribution in [2.75, 3.05) is 13.2 Å². The first-order chi connectivity index (χ1) is 16.5. The molecule has 2 aromatic carbocycles. The molecule has 0 bridgehead atoms. The molecule has 3 aliphatic heterocycles. The number of Topliss-reactive ketones (excluding diaryl/α,β-unsaturated/α-hetero) is 1. The van der Waals surface area contributed by atoms with Crippen LogP contribution in [0, 0.1) is 0 Å². The predicted molar refractivity (Wildman–Crippen MR) is 127 cm³/mol. The van der Waals surface area contributed by atoms with Gasteiger partial charge in [0.05, 0.1) is 17.7 Å². The molecule has 7 nitrogen and oxygen atoms in total. The topological polar surface area (TPSA) is 91.9 Å². The average Bonchev–Trinajstić information content (AvgIpc) is 3.61. The summed E-state index contributed by atoms with van der Waals surface area (Å²) in [4.78, 5) is 31.4. The van der Waals surface area contributed by atoms with E-state index in [0.29, 0.717) is 18.7 Å². The fraction of sp³-hybridized carbons (Fsp3) is 0.333. The molecule has 0 saturated carbocycles. The molecule has 2 fully saturated rings. The lowest BCUT2D eigenvalue weighted by Crippen LogP contribution is -2.36. The minimum absolute atomic E-state index is 0.0654. The van der Waals surface area contributed by atoms with Crippen LogP contribution in [0.4, 0.5) is 0 Å². The van der Waals surface area contributed by atoms with E-state index >= 15 is 0 Å². The van der Waals surface area contributed by atoms with E-state index in [1.807, 2.05) is 49.5 Å². The van der Waals surface area contributed by atoms with Crippen molar-refractivity contribution in [3.05, 3.63) is 70.9 Å². The second-order valence-electron chi connectivity index (χ2n) is 9.33. The Labute approximate surface area is 197 Å². The molecule has 174 valence electrons. The Kier molecular flexibility index (Phi) is 4.95. The Hall–Kier alpha value is -3.58. The zero-order valence-electron chi connectivity index (χ0n) is 18.9. The number of amides is 1. The highest BCUT2D eigenvalue weighted by molar-refractivity contribution is 6.46. The third-order valence-corrected chi connectivity index (χ3v) is 7.05. The number of ether oxygens (including phenoxy) is 2. The van der Waals surface area contributed by atoms with Crippen molar-refractivity contribution >= 4 is 28.4 Å². The first-order valence-electron chi connectivity index (χ1n) is 11.8. The number of rotatable bonds is 4. The zero-order valence-corrected chi connectivity index (χ0v) is 18.9. The Balaban J connectivity index is 1.50. The summed E-state index contributed by atoms with van der Waals surface area (Å²) in [5.74, 6) is -0.650. The molecule has 0 radical (unpaired) electrons. The van der Waals surface area contributed by atoms with Gasteiger partial charge < -0.3 is 24.5 Å². The molecule has 7 heteroatoms. The van der Waals surface area contributed by atoms with E-state index < -0.39 is 17.7 Å². The van der Waals surface area contributed by atoms with Crippen LogP contribution < -0.4 is 4.74 Å². The summed E-state index contributed by atoms with van der Waals surface area (Å²) in [7, 11) is 0. The van der Waals surface area contributed by atoms with E-state index in [0.717, 1.165) is 47.0 Å². The maximum absolute atomic E-state index is 13.3. The maximum atomic E-state index is 13.3. The van der Waals surface area contributed by atoms with Crippen molar-refractivity contribution in [2.45, 2.75) is 44.4 Å². The zero-order chi connectivity index (χ0) is 23.4. The van der Waals surface area contributed by atoms with Crippen LogP contribution in [-0.4, -0.2) is 52.0 Å². The van der Waals surface area contributed by atoms with Gasteiger partial charge in [-0.15, -0.1) is 0 Å². The lowest BCUT2D eigenvalue weighted by atomic mass is 9.94. The number of fused-ring (bicyclic) bond motifs is 2. The van der Waals surface area contributed by atoms with Gasteiger partial charge in [-0.25, -0.2) is 0 Å². The van der Waals surface area contributed by atoms with Gasteiger partial charge in [0.2, 0.25) is 0 Å². The monoisotopic (exact) mass is 458 g/mol. The van der Waals surface area contributed by atoms with E-state index in [1.54, 1.807) is 11.0 Å². The summed E-state index contributed by atoms with van der Waals surface area (Å²) in [6, 6.07) is 12.5. The van der Waals surface area contributed by atoms with Crippen molar-refractivity contribution in [2.24, 2.45) is 0 Å². The third-order valence-electron chi connectivity index (χ3n) is 7.05. The molecule has 34 heavy (non-hydrogen) atoms. The number of aromatic amines is 1. The van der Waals surface area contributed by atoms with Gasteiger partial charge in [-0.2, -0.15) is 0 Å². The number of nitrogens with one attached hydrogen (secondary N) is 1. The smallest absolute Gasteiger partial charge is 0.295 e. The van der Waals surface area contributed by atoms with Crippen molar-refractivity contribution in [1.82, 2.24) is 9.88 Å². The number of para-hydroxylation sites is 1. The van der Waals surface area contributed by atoms with E-state index in [9.17, 15) is 14.7 Å². The van der Waals surface area contributed by atoms with Gasteiger partial charge in [0.15, 0.2) is 0 Å². The van der Waals surface area contributed by atoms with Gasteiger partial charge in [-0.1, -0.05) is 18.2 Å². The van der Waals surface area contributed by atoms with Crippen LogP contribution >= 0.6 is 0 Å². The predicted octanol–water partition coefficient (Wildman–Crippen LogP) is 4.09. The number of aliphatic hydroxyl groups is 1. The van der Waals surface area contributed by atoms with Gasteiger partial charge in [0.25, 0.3) is 11.7 Å². The van der Waals surface area contributed by atoms with Gasteiger partial charge in [-0.3, -0.25) is 9.59 Å². The summed E-state index contributed by atoms with van der Waals surface area (Å²) >= 11 is 0. The second kappa shape index (κ2) is 8.02. The average molecular weight is 459 g/mol. The van der Waals surface area contributed by atoms with Crippen molar-refractivity contribution in [3.8, 4) is 5.75 Å². The lowest BCUT2D eigenvalue weighted by molar-refractivity contribution is -0.140. The Morgan fingerprint density at radius 1 is 1.21 bits per heavy atom. The number of carbonyl (C=O) groups excluding carboxylic acids is 2. The number of ketones is 1. The van der Waals surface area contributed by atoms with E-state index in [2.05, 4.69) is 4.98 Å². The van der Waals surface area contributed by atoms with E-state index in [1.165, 1.54) is 0 Å². The Morgan fingerprint density at radius 2 is 2.06 bits per heavy atom. The van der Waals surface area contributed by atoms with Crippen LogP contribution in [0.25, 0.3) is 16.7 Å². The number of hydrogen-bond acceptors (Lipinski definition) is 5. The number of aliphatic hydroxyl groups excluding tert-OH is 1. The number of H-pyrrole nitrogens is 1. The highest BCUT2D eigenvalue weighted by Crippen LogP contribution is 2.43. The summed E-state index contributed by atoms with van der Waals surface area (Å²) in [6.45, 7) is 2.95. The molecule has 4 heterocycles. The SMILES string of the molecule is CC1Cc2cc(/C(O)=C3\C(=O)C(=O)N(CC4CCCO4)C3c3c[nH]c4ccccc34)ccc2O1. The molecule has 0 spiro atoms. The standard InChI is InChI=1S/C27H26N2O5/c1-15-11-17-12-16(8-9-22(17)34-15)25(30)23-24(20-13-28-21-7-3-2-6-19(20)21)29(27(32)26(23)31)14-18-5-4-10-33-18/h2-3,6-9,12-13,15,18,24,28,30H,4-5,10-11,14H2,1H3/b25-23+. The maximum Gasteiger partial charge on any atom is 0.295 e. The summed E-state index contributed by atoms with van der Waals surface area (Å²) in [5, 5.41) is 12.3. The quantitative estimate of drug-likeness (QED) is 0.349. The van der Waals surface area contributed by atoms with Crippen LogP contribution in [0.5, 0.6) is 5.75 Å². The highest BCUT2D eigenvalue weighted by atomic mass is 16.5. The number of hydrogen-bond donors (Lipinski definition) is 2. The third kappa shape index (κ3) is 3.30. The molecule has 2 saturated heterocycles. The summed E-state index contributed by atoms with van der Waals surface area (Å²) in [6.07, 6.45) is 4.28. The molecule has 2 N–H and O–H groups in total. The van der Waals surface area contributed by atoms with Gasteiger partial charge in [0.1, 0.15) is 17.6 Å². The molecule has 3 unspecified atom stereocenters. The fourth-order valence-electron chi connectivity index (χ4n) is 5.44. The van der Waals surface area contributed by atoms with Crippen molar-refractivity contribution in [3.63, 3.8) is 0 Å². The number of benzene rings is 2. The first kappa shape index (κ1) is 21.0. The van der Waals surface area contributed by atoms with E-state index in [-0.39, 0.29) is 23.5 Å². The molecule has 6 rings (SSSR count). The highest BCUT2D eigenvalue weighted by Gasteiger charge is 2.47. The van der Waals surface area contributed by atoms with Gasteiger partial charge in [0, 0.05) is 47.8 Å². The van der Waals surface area contributed by atoms with Crippen LogP contribution in [0.2, 0.25) is 0 Å². The molecule has 3 atom stereocenters. The number of aromatic nitrogens is 1. The largest absolute Gasteiger partial charge is 0.507 e. The molecule has 0 aliphatic carbocycles. The summed E-state index contributed by atoms with van der Waals surface area (Å²) in [5.41, 5.74) is 3.29. The van der Waals surface area contributed by atoms with Crippen molar-refractivity contribution < 1.29 is 24.2 Å². The lowest BCUT2D eigenvalue weighted by Gasteiger charge is -2.27. The summed E-state index contributed by atoms with van der Waals surface area (Å²) < 4.78 is 11.6. The normalized spacial score (nSPS) is 25.8. The molecule has 3 aliphatic rings.